The van der Waals surface area contributed by atoms with Gasteiger partial charge in [-0.3, -0.25) is 14.2 Å². The van der Waals surface area contributed by atoms with Crippen molar-refractivity contribution in [2.45, 2.75) is 25.8 Å². The Balaban J connectivity index is 1.39. The zero-order chi connectivity index (χ0) is 22.2. The summed E-state index contributed by atoms with van der Waals surface area (Å²) in [5.74, 6) is -0.995. The zero-order valence-electron chi connectivity index (χ0n) is 17.3. The van der Waals surface area contributed by atoms with E-state index in [-0.39, 0.29) is 24.1 Å². The number of rotatable bonds is 4. The molecule has 9 heteroatoms. The molecule has 164 valence electrons. The fourth-order valence-corrected chi connectivity index (χ4v) is 4.10. The number of benzene rings is 2. The van der Waals surface area contributed by atoms with Gasteiger partial charge in [0.05, 0.1) is 5.52 Å². The first kappa shape index (κ1) is 19.9. The number of nitrogens with zero attached hydrogens (tertiary/aromatic N) is 2. The predicted molar refractivity (Wildman–Crippen MR) is 119 cm³/mol. The van der Waals surface area contributed by atoms with Crippen LogP contribution < -0.4 is 11.1 Å². The van der Waals surface area contributed by atoms with Crippen LogP contribution in [-0.2, 0) is 11.3 Å². The summed E-state index contributed by atoms with van der Waals surface area (Å²) < 4.78 is 6.58. The summed E-state index contributed by atoms with van der Waals surface area (Å²) in [7, 11) is 0. The lowest BCUT2D eigenvalue weighted by atomic mass is 10.1. The number of nitrogens with one attached hydrogen (secondary N) is 2. The highest BCUT2D eigenvalue weighted by Crippen LogP contribution is 2.23. The van der Waals surface area contributed by atoms with Crippen LogP contribution in [0.4, 0.5) is 5.69 Å². The van der Waals surface area contributed by atoms with Gasteiger partial charge in [-0.25, -0.2) is 4.79 Å². The van der Waals surface area contributed by atoms with Gasteiger partial charge in [-0.2, -0.15) is 0 Å². The number of aromatic nitrogens is 2. The second kappa shape index (κ2) is 7.92. The summed E-state index contributed by atoms with van der Waals surface area (Å²) in [4.78, 5) is 42.5. The van der Waals surface area contributed by atoms with Crippen molar-refractivity contribution in [2.75, 3.05) is 18.4 Å². The molecule has 3 N–H and O–H groups in total. The van der Waals surface area contributed by atoms with Gasteiger partial charge in [0.15, 0.2) is 5.58 Å². The van der Waals surface area contributed by atoms with Gasteiger partial charge in [-0.1, -0.05) is 0 Å². The third-order valence-electron chi connectivity index (χ3n) is 5.78. The highest BCUT2D eigenvalue weighted by molar-refractivity contribution is 6.06. The molecule has 1 aliphatic heterocycles. The van der Waals surface area contributed by atoms with Gasteiger partial charge in [0.25, 0.3) is 5.91 Å². The van der Waals surface area contributed by atoms with Crippen molar-refractivity contribution >= 4 is 39.5 Å². The number of hydrogen-bond donors (Lipinski definition) is 3. The Bertz CT molecular complexity index is 1390. The molecule has 2 aromatic carbocycles. The van der Waals surface area contributed by atoms with Crippen LogP contribution in [0, 0.1) is 0 Å². The Morgan fingerprint density at radius 1 is 1.06 bits per heavy atom. The van der Waals surface area contributed by atoms with Crippen LogP contribution in [0.5, 0.6) is 5.75 Å². The van der Waals surface area contributed by atoms with E-state index in [4.69, 9.17) is 4.42 Å². The number of fused-ring (bicyclic) bond motifs is 2. The number of carbonyl (C=O) groups is 2. The third-order valence-corrected chi connectivity index (χ3v) is 5.78. The Morgan fingerprint density at radius 2 is 1.88 bits per heavy atom. The number of anilines is 1. The SMILES string of the molecule is O=C(Nc1ccc2oc(=O)n(CC(=O)N3CCCCC3)c2c1)c1cc2ccc(O)cc2[nH]1. The quantitative estimate of drug-likeness (QED) is 0.456. The molecule has 0 spiro atoms. The largest absolute Gasteiger partial charge is 0.508 e. The van der Waals surface area contributed by atoms with E-state index in [1.807, 2.05) is 0 Å². The van der Waals surface area contributed by atoms with Gasteiger partial charge in [-0.15, -0.1) is 0 Å². The number of likely N-dealkylation sites (tertiary alicyclic amines) is 1. The number of carbonyl (C=O) groups excluding carboxylic acids is 2. The minimum atomic E-state index is -0.607. The van der Waals surface area contributed by atoms with E-state index in [1.165, 1.54) is 4.57 Å². The maximum absolute atomic E-state index is 12.7. The number of hydrogen-bond acceptors (Lipinski definition) is 5. The van der Waals surface area contributed by atoms with Crippen LogP contribution >= 0.6 is 0 Å². The molecule has 1 fully saturated rings. The van der Waals surface area contributed by atoms with Crippen LogP contribution in [0.2, 0.25) is 0 Å². The number of phenols is 1. The normalized spacial score (nSPS) is 14.2. The van der Waals surface area contributed by atoms with E-state index in [9.17, 15) is 19.5 Å². The maximum atomic E-state index is 12.7. The molecule has 0 atom stereocenters. The van der Waals surface area contributed by atoms with Gasteiger partial charge >= 0.3 is 5.76 Å². The Hall–Kier alpha value is -4.01. The average Bonchev–Trinajstić information content (AvgIpc) is 3.35. The summed E-state index contributed by atoms with van der Waals surface area (Å²) in [5, 5.41) is 13.2. The van der Waals surface area contributed by atoms with E-state index < -0.39 is 5.76 Å². The van der Waals surface area contributed by atoms with Crippen molar-refractivity contribution in [1.82, 2.24) is 14.5 Å². The first-order valence-electron chi connectivity index (χ1n) is 10.5. The number of H-pyrrole nitrogens is 1. The number of oxazole rings is 1. The summed E-state index contributed by atoms with van der Waals surface area (Å²) in [6, 6.07) is 11.3. The number of phenolic OH excluding ortho intramolecular Hbond substituents is 1. The molecular formula is C23H22N4O5. The second-order valence-corrected chi connectivity index (χ2v) is 7.99. The van der Waals surface area contributed by atoms with Crippen LogP contribution in [-0.4, -0.2) is 44.5 Å². The molecule has 0 radical (unpaired) electrons. The van der Waals surface area contributed by atoms with E-state index >= 15 is 0 Å². The van der Waals surface area contributed by atoms with Crippen molar-refractivity contribution < 1.29 is 19.1 Å². The molecule has 2 amide bonds. The highest BCUT2D eigenvalue weighted by Gasteiger charge is 2.20. The Labute approximate surface area is 182 Å². The van der Waals surface area contributed by atoms with Gasteiger partial charge in [0.2, 0.25) is 5.91 Å². The molecule has 0 saturated carbocycles. The molecule has 0 unspecified atom stereocenters. The molecule has 0 aliphatic carbocycles. The molecular weight excluding hydrogens is 412 g/mol. The van der Waals surface area contributed by atoms with Crippen LogP contribution in [0.25, 0.3) is 22.0 Å². The predicted octanol–water partition coefficient (Wildman–Crippen LogP) is 3.05. The van der Waals surface area contributed by atoms with Crippen molar-refractivity contribution in [2.24, 2.45) is 0 Å². The second-order valence-electron chi connectivity index (χ2n) is 7.99. The van der Waals surface area contributed by atoms with Crippen LogP contribution in [0.15, 0.2) is 51.7 Å². The first-order chi connectivity index (χ1) is 15.5. The summed E-state index contributed by atoms with van der Waals surface area (Å²) >= 11 is 0. The number of aromatic amines is 1. The molecule has 4 aromatic rings. The number of piperidine rings is 1. The zero-order valence-corrected chi connectivity index (χ0v) is 17.3. The molecule has 32 heavy (non-hydrogen) atoms. The van der Waals surface area contributed by atoms with Gasteiger partial charge in [0.1, 0.15) is 18.0 Å². The number of amides is 2. The molecule has 3 heterocycles. The standard InChI is InChI=1S/C23H22N4O5/c28-16-6-4-14-10-18(25-17(14)12-16)22(30)24-15-5-7-20-19(11-15)27(23(31)32-20)13-21(29)26-8-2-1-3-9-26/h4-7,10-12,25,28H,1-3,8-9,13H2,(H,24,30). The molecule has 2 aromatic heterocycles. The lowest BCUT2D eigenvalue weighted by Gasteiger charge is -2.26. The Kier molecular flexibility index (Phi) is 4.93. The minimum Gasteiger partial charge on any atom is -0.508 e. The molecule has 1 aliphatic rings. The molecule has 1 saturated heterocycles. The van der Waals surface area contributed by atoms with Crippen LogP contribution in [0.1, 0.15) is 29.8 Å². The number of aromatic hydroxyl groups is 1. The van der Waals surface area contributed by atoms with Crippen molar-refractivity contribution in [1.29, 1.82) is 0 Å². The Morgan fingerprint density at radius 3 is 2.69 bits per heavy atom. The smallest absolute Gasteiger partial charge is 0.420 e. The van der Waals surface area contributed by atoms with Gasteiger partial charge in [0, 0.05) is 35.7 Å². The van der Waals surface area contributed by atoms with Crippen molar-refractivity contribution in [3.05, 3.63) is 58.7 Å². The fourth-order valence-electron chi connectivity index (χ4n) is 4.10. The first-order valence-corrected chi connectivity index (χ1v) is 10.5. The van der Waals surface area contributed by atoms with Crippen molar-refractivity contribution in [3.63, 3.8) is 0 Å². The minimum absolute atomic E-state index is 0.102. The lowest BCUT2D eigenvalue weighted by molar-refractivity contribution is -0.132. The summed E-state index contributed by atoms with van der Waals surface area (Å²) in [6.45, 7) is 1.30. The third kappa shape index (κ3) is 3.73. The van der Waals surface area contributed by atoms with E-state index in [0.717, 1.165) is 24.6 Å². The van der Waals surface area contributed by atoms with Gasteiger partial charge in [-0.05, 0) is 55.7 Å². The summed E-state index contributed by atoms with van der Waals surface area (Å²) in [5.41, 5.74) is 2.23. The highest BCUT2D eigenvalue weighted by atomic mass is 16.4. The fraction of sp³-hybridized carbons (Fsp3) is 0.261. The van der Waals surface area contributed by atoms with E-state index in [1.54, 1.807) is 47.4 Å². The maximum Gasteiger partial charge on any atom is 0.420 e. The van der Waals surface area contributed by atoms with E-state index in [0.29, 0.717) is 41.1 Å². The monoisotopic (exact) mass is 434 g/mol. The van der Waals surface area contributed by atoms with Gasteiger partial charge < -0.3 is 24.7 Å². The topological polar surface area (TPSA) is 121 Å². The lowest BCUT2D eigenvalue weighted by Crippen LogP contribution is -2.39. The molecule has 9 nitrogen and oxygen atoms in total. The molecule has 5 rings (SSSR count). The average molecular weight is 434 g/mol. The molecule has 0 bridgehead atoms. The van der Waals surface area contributed by atoms with E-state index in [2.05, 4.69) is 10.3 Å². The summed E-state index contributed by atoms with van der Waals surface area (Å²) in [6.07, 6.45) is 3.05. The van der Waals surface area contributed by atoms with Crippen LogP contribution in [0.3, 0.4) is 0 Å². The van der Waals surface area contributed by atoms with Crippen molar-refractivity contribution in [3.8, 4) is 5.75 Å².